The van der Waals surface area contributed by atoms with Gasteiger partial charge in [-0.3, -0.25) is 14.5 Å². The van der Waals surface area contributed by atoms with Gasteiger partial charge >= 0.3 is 0 Å². The van der Waals surface area contributed by atoms with Crippen LogP contribution in [0.3, 0.4) is 0 Å². The third-order valence-electron chi connectivity index (χ3n) is 3.07. The Kier molecular flexibility index (Phi) is 4.11. The van der Waals surface area contributed by atoms with Crippen LogP contribution in [0.25, 0.3) is 6.08 Å². The molecule has 0 unspecified atom stereocenters. The highest BCUT2D eigenvalue weighted by molar-refractivity contribution is 6.43. The normalized spacial score (nSPS) is 16.0. The molecular weight excluding hydrogens is 293 g/mol. The van der Waals surface area contributed by atoms with E-state index in [9.17, 15) is 19.1 Å². The first-order chi connectivity index (χ1) is 10.4. The average molecular weight is 307 g/mol. The Morgan fingerprint density at radius 3 is 2.77 bits per heavy atom. The second kappa shape index (κ2) is 5.84. The summed E-state index contributed by atoms with van der Waals surface area (Å²) >= 11 is 0. The van der Waals surface area contributed by atoms with Crippen LogP contribution in [0.2, 0.25) is 0 Å². The number of hydrogen-bond acceptors (Lipinski definition) is 5. The van der Waals surface area contributed by atoms with Crippen LogP contribution in [0.15, 0.2) is 22.8 Å². The first-order valence-electron chi connectivity index (χ1n) is 6.26. The minimum Gasteiger partial charge on any atom is -0.502 e. The Bertz CT molecular complexity index is 712. The zero-order chi connectivity index (χ0) is 16.4. The van der Waals surface area contributed by atoms with Crippen molar-refractivity contribution in [2.45, 2.75) is 0 Å². The highest BCUT2D eigenvalue weighted by atomic mass is 19.1. The molecule has 0 bridgehead atoms. The molecule has 1 heterocycles. The van der Waals surface area contributed by atoms with E-state index < -0.39 is 23.4 Å². The number of rotatable bonds is 3. The van der Waals surface area contributed by atoms with Crippen molar-refractivity contribution < 1.29 is 23.8 Å². The maximum absolute atomic E-state index is 13.6. The summed E-state index contributed by atoms with van der Waals surface area (Å²) in [4.78, 5) is 28.7. The fraction of sp³-hybridized carbons (Fsp3) is 0.214. The lowest BCUT2D eigenvalue weighted by Crippen LogP contribution is -2.38. The van der Waals surface area contributed by atoms with Crippen LogP contribution in [0.5, 0.6) is 11.5 Å². The van der Waals surface area contributed by atoms with Gasteiger partial charge in [0.1, 0.15) is 5.70 Å². The summed E-state index contributed by atoms with van der Waals surface area (Å²) < 4.78 is 18.4. The van der Waals surface area contributed by atoms with Gasteiger partial charge in [0.05, 0.1) is 7.11 Å². The molecule has 1 aromatic rings. The quantitative estimate of drug-likeness (QED) is 0.795. The number of hydrogen-bond donors (Lipinski definition) is 2. The summed E-state index contributed by atoms with van der Waals surface area (Å²) in [5.74, 6) is -2.62. The van der Waals surface area contributed by atoms with E-state index in [1.165, 1.54) is 33.3 Å². The lowest BCUT2D eigenvalue weighted by molar-refractivity contribution is -0.123. The van der Waals surface area contributed by atoms with Crippen LogP contribution in [0, 0.1) is 5.82 Å². The number of amides is 2. The summed E-state index contributed by atoms with van der Waals surface area (Å²) in [5, 5.41) is 11.8. The minimum absolute atomic E-state index is 0.0201. The largest absolute Gasteiger partial charge is 0.502 e. The lowest BCUT2D eigenvalue weighted by atomic mass is 10.1. The molecular formula is C14H14FN3O4. The number of methoxy groups -OCH3 is 1. The van der Waals surface area contributed by atoms with Crippen LogP contribution in [0.1, 0.15) is 5.56 Å². The topological polar surface area (TPSA) is 91.2 Å². The lowest BCUT2D eigenvalue weighted by Gasteiger charge is -2.09. The highest BCUT2D eigenvalue weighted by Gasteiger charge is 2.30. The summed E-state index contributed by atoms with van der Waals surface area (Å²) in [5.41, 5.74) is 0.249. The van der Waals surface area contributed by atoms with Crippen molar-refractivity contribution in [3.8, 4) is 11.5 Å². The second-order valence-corrected chi connectivity index (χ2v) is 4.46. The third kappa shape index (κ3) is 2.62. The molecule has 0 radical (unpaired) electrons. The van der Waals surface area contributed by atoms with E-state index in [-0.39, 0.29) is 22.8 Å². The second-order valence-electron chi connectivity index (χ2n) is 4.46. The molecule has 1 aliphatic heterocycles. The molecule has 0 fully saturated rings. The molecule has 0 spiro atoms. The van der Waals surface area contributed by atoms with Crippen molar-refractivity contribution in [2.24, 2.45) is 4.99 Å². The molecule has 2 N–H and O–H groups in total. The van der Waals surface area contributed by atoms with Crippen molar-refractivity contribution in [1.82, 2.24) is 10.2 Å². The number of aromatic hydroxyl groups is 1. The number of carbonyl (C=O) groups is 2. The number of aliphatic imine (C=N–C) groups is 1. The monoisotopic (exact) mass is 307 g/mol. The predicted octanol–water partition coefficient (Wildman–Crippen LogP) is 0.497. The van der Waals surface area contributed by atoms with Gasteiger partial charge in [-0.1, -0.05) is 0 Å². The number of carbonyl (C=O) groups excluding carboxylic acids is 2. The third-order valence-corrected chi connectivity index (χ3v) is 3.07. The minimum atomic E-state index is -0.888. The van der Waals surface area contributed by atoms with E-state index in [1.807, 2.05) is 0 Å². The molecule has 0 atom stereocenters. The van der Waals surface area contributed by atoms with Crippen molar-refractivity contribution in [1.29, 1.82) is 0 Å². The summed E-state index contributed by atoms with van der Waals surface area (Å²) in [6, 6.07) is 2.39. The molecule has 22 heavy (non-hydrogen) atoms. The molecule has 2 rings (SSSR count). The number of likely N-dealkylation sites (N-methyl/N-ethyl adjacent to an activating group) is 2. The molecule has 1 aliphatic rings. The number of benzene rings is 1. The van der Waals surface area contributed by atoms with Crippen LogP contribution >= 0.6 is 0 Å². The molecule has 0 saturated heterocycles. The van der Waals surface area contributed by atoms with Gasteiger partial charge in [-0.05, 0) is 23.8 Å². The molecule has 8 heteroatoms. The van der Waals surface area contributed by atoms with Crippen LogP contribution < -0.4 is 10.1 Å². The number of amidine groups is 1. The number of nitrogens with zero attached hydrogens (tertiary/aromatic N) is 2. The SMILES string of the molecule is CNC(=O)C1=N/C(=C/c2cc(F)c(O)c(OC)c2)C(=O)N1C. The number of phenols is 1. The summed E-state index contributed by atoms with van der Waals surface area (Å²) in [7, 11) is 4.11. The fourth-order valence-corrected chi connectivity index (χ4v) is 1.90. The van der Waals surface area contributed by atoms with E-state index in [4.69, 9.17) is 4.74 Å². The molecule has 0 saturated carbocycles. The zero-order valence-corrected chi connectivity index (χ0v) is 12.2. The Balaban J connectivity index is 2.45. The molecule has 1 aromatic carbocycles. The average Bonchev–Trinajstić information content (AvgIpc) is 2.78. The van der Waals surface area contributed by atoms with E-state index in [0.29, 0.717) is 0 Å². The first kappa shape index (κ1) is 15.5. The van der Waals surface area contributed by atoms with E-state index in [1.54, 1.807) is 0 Å². The molecule has 2 amide bonds. The zero-order valence-electron chi connectivity index (χ0n) is 12.2. The van der Waals surface area contributed by atoms with Gasteiger partial charge in [0.25, 0.3) is 11.8 Å². The Hall–Kier alpha value is -2.90. The van der Waals surface area contributed by atoms with Gasteiger partial charge in [-0.25, -0.2) is 9.38 Å². The van der Waals surface area contributed by atoms with Gasteiger partial charge in [-0.15, -0.1) is 0 Å². The van der Waals surface area contributed by atoms with Crippen LogP contribution in [0.4, 0.5) is 4.39 Å². The van der Waals surface area contributed by atoms with Gasteiger partial charge in [0.2, 0.25) is 5.84 Å². The van der Waals surface area contributed by atoms with Gasteiger partial charge < -0.3 is 15.2 Å². The summed E-state index contributed by atoms with van der Waals surface area (Å²) in [6.45, 7) is 0. The predicted molar refractivity (Wildman–Crippen MR) is 76.9 cm³/mol. The Morgan fingerprint density at radius 2 is 2.18 bits per heavy atom. The van der Waals surface area contributed by atoms with E-state index in [0.717, 1.165) is 11.0 Å². The van der Waals surface area contributed by atoms with Crippen molar-refractivity contribution in [3.05, 3.63) is 29.2 Å². The fourth-order valence-electron chi connectivity index (χ4n) is 1.90. The van der Waals surface area contributed by atoms with Crippen molar-refractivity contribution >= 4 is 23.7 Å². The summed E-state index contributed by atoms with van der Waals surface area (Å²) in [6.07, 6.45) is 1.31. The van der Waals surface area contributed by atoms with Gasteiger partial charge in [0, 0.05) is 14.1 Å². The van der Waals surface area contributed by atoms with Crippen LogP contribution in [-0.2, 0) is 9.59 Å². The number of ether oxygens (including phenoxy) is 1. The number of phenolic OH excluding ortho intramolecular Hbond substituents is 1. The number of nitrogens with one attached hydrogen (secondary N) is 1. The Labute approximate surface area is 125 Å². The number of halogens is 1. The maximum atomic E-state index is 13.6. The molecule has 0 aromatic heterocycles. The first-order valence-corrected chi connectivity index (χ1v) is 6.26. The van der Waals surface area contributed by atoms with Crippen molar-refractivity contribution in [3.63, 3.8) is 0 Å². The molecule has 116 valence electrons. The molecule has 0 aliphatic carbocycles. The Morgan fingerprint density at radius 1 is 1.50 bits per heavy atom. The van der Waals surface area contributed by atoms with Crippen LogP contribution in [-0.4, -0.2) is 48.9 Å². The van der Waals surface area contributed by atoms with E-state index in [2.05, 4.69) is 10.3 Å². The maximum Gasteiger partial charge on any atom is 0.287 e. The van der Waals surface area contributed by atoms with Gasteiger partial charge in [-0.2, -0.15) is 0 Å². The van der Waals surface area contributed by atoms with Gasteiger partial charge in [0.15, 0.2) is 17.3 Å². The molecule has 7 nitrogen and oxygen atoms in total. The highest BCUT2D eigenvalue weighted by Crippen LogP contribution is 2.31. The standard InChI is InChI=1S/C14H14FN3O4/c1-16-13(20)12-17-9(14(21)18(12)2)5-7-4-8(15)11(19)10(6-7)22-3/h4-6,19H,1-3H3,(H,16,20)/b9-5+. The van der Waals surface area contributed by atoms with E-state index >= 15 is 0 Å². The van der Waals surface area contributed by atoms with Crippen molar-refractivity contribution in [2.75, 3.05) is 21.2 Å². The smallest absolute Gasteiger partial charge is 0.287 e.